The average molecular weight is 365 g/mol. The van der Waals surface area contributed by atoms with E-state index in [1.165, 1.54) is 11.3 Å². The number of hydrogen-bond donors (Lipinski definition) is 1. The van der Waals surface area contributed by atoms with Crippen molar-refractivity contribution in [1.82, 2.24) is 9.97 Å². The Bertz CT molecular complexity index is 935. The zero-order valence-corrected chi connectivity index (χ0v) is 15.5. The number of rotatable bonds is 6. The Morgan fingerprint density at radius 2 is 2.00 bits per heavy atom. The van der Waals surface area contributed by atoms with E-state index < -0.39 is 0 Å². The second kappa shape index (κ2) is 8.01. The van der Waals surface area contributed by atoms with E-state index in [9.17, 15) is 9.59 Å². The molecule has 132 valence electrons. The van der Waals surface area contributed by atoms with Crippen molar-refractivity contribution in [3.63, 3.8) is 0 Å². The number of pyridine rings is 1. The van der Waals surface area contributed by atoms with Crippen LogP contribution in [0.25, 0.3) is 11.3 Å². The second-order valence-corrected chi connectivity index (χ2v) is 6.93. The smallest absolute Gasteiger partial charge is 0.226 e. The van der Waals surface area contributed by atoms with Gasteiger partial charge in [0, 0.05) is 41.7 Å². The molecule has 0 aliphatic carbocycles. The van der Waals surface area contributed by atoms with Gasteiger partial charge in [-0.25, -0.2) is 4.98 Å². The zero-order chi connectivity index (χ0) is 18.5. The summed E-state index contributed by atoms with van der Waals surface area (Å²) in [7, 11) is 0. The quantitative estimate of drug-likeness (QED) is 0.656. The zero-order valence-electron chi connectivity index (χ0n) is 14.7. The van der Waals surface area contributed by atoms with E-state index in [0.717, 1.165) is 22.4 Å². The minimum atomic E-state index is -0.212. The minimum absolute atomic E-state index is 0.0171. The van der Waals surface area contributed by atoms with Crippen LogP contribution in [0.4, 0.5) is 5.13 Å². The van der Waals surface area contributed by atoms with E-state index in [0.29, 0.717) is 10.7 Å². The van der Waals surface area contributed by atoms with Crippen molar-refractivity contribution in [2.45, 2.75) is 26.7 Å². The van der Waals surface area contributed by atoms with Gasteiger partial charge in [-0.1, -0.05) is 17.7 Å². The summed E-state index contributed by atoms with van der Waals surface area (Å²) in [5.41, 5.74) is 4.32. The number of nitrogens with zero attached hydrogens (tertiary/aromatic N) is 2. The van der Waals surface area contributed by atoms with Crippen LogP contribution in [0.2, 0.25) is 0 Å². The molecule has 0 bridgehead atoms. The number of benzene rings is 1. The van der Waals surface area contributed by atoms with Crippen molar-refractivity contribution in [3.8, 4) is 11.3 Å². The number of ketones is 1. The molecule has 3 aromatic rings. The van der Waals surface area contributed by atoms with Crippen LogP contribution >= 0.6 is 11.3 Å². The minimum Gasteiger partial charge on any atom is -0.302 e. The fourth-order valence-corrected chi connectivity index (χ4v) is 3.29. The SMILES string of the molecule is Cc1ccc(C)c(C(=O)CCC(=O)Nc2nc(-c3cccnc3)cs2)c1. The number of thiazole rings is 1. The third kappa shape index (κ3) is 4.40. The highest BCUT2D eigenvalue weighted by Gasteiger charge is 2.13. The average Bonchev–Trinajstić information content (AvgIpc) is 3.11. The molecule has 1 aromatic carbocycles. The van der Waals surface area contributed by atoms with Crippen LogP contribution in [0.3, 0.4) is 0 Å². The van der Waals surface area contributed by atoms with Gasteiger partial charge in [-0.2, -0.15) is 0 Å². The molecule has 1 amide bonds. The molecule has 5 nitrogen and oxygen atoms in total. The van der Waals surface area contributed by atoms with Gasteiger partial charge in [0.25, 0.3) is 0 Å². The summed E-state index contributed by atoms with van der Waals surface area (Å²) in [5.74, 6) is -0.229. The van der Waals surface area contributed by atoms with Gasteiger partial charge < -0.3 is 5.32 Å². The Morgan fingerprint density at radius 3 is 2.77 bits per heavy atom. The number of amides is 1. The number of carbonyl (C=O) groups excluding carboxylic acids is 2. The number of aryl methyl sites for hydroxylation is 2. The Balaban J connectivity index is 1.57. The van der Waals surface area contributed by atoms with E-state index in [-0.39, 0.29) is 24.5 Å². The molecule has 6 heteroatoms. The number of aromatic nitrogens is 2. The van der Waals surface area contributed by atoms with Gasteiger partial charge in [0.05, 0.1) is 5.69 Å². The molecule has 1 N–H and O–H groups in total. The lowest BCUT2D eigenvalue weighted by Crippen LogP contribution is -2.13. The van der Waals surface area contributed by atoms with Crippen LogP contribution in [0.5, 0.6) is 0 Å². The summed E-state index contributed by atoms with van der Waals surface area (Å²) in [4.78, 5) is 33.0. The molecule has 26 heavy (non-hydrogen) atoms. The molecular formula is C20H19N3O2S. The molecule has 0 saturated heterocycles. The maximum absolute atomic E-state index is 12.4. The molecule has 3 rings (SSSR count). The van der Waals surface area contributed by atoms with Crippen LogP contribution in [0.15, 0.2) is 48.1 Å². The highest BCUT2D eigenvalue weighted by atomic mass is 32.1. The number of carbonyl (C=O) groups is 2. The largest absolute Gasteiger partial charge is 0.302 e. The lowest BCUT2D eigenvalue weighted by Gasteiger charge is -2.06. The summed E-state index contributed by atoms with van der Waals surface area (Å²) < 4.78 is 0. The van der Waals surface area contributed by atoms with Crippen molar-refractivity contribution >= 4 is 28.2 Å². The Morgan fingerprint density at radius 1 is 1.15 bits per heavy atom. The Labute approximate surface area is 156 Å². The lowest BCUT2D eigenvalue weighted by molar-refractivity contribution is -0.116. The molecule has 0 unspecified atom stereocenters. The predicted molar refractivity (Wildman–Crippen MR) is 103 cm³/mol. The number of nitrogens with one attached hydrogen (secondary N) is 1. The molecule has 0 radical (unpaired) electrons. The summed E-state index contributed by atoms with van der Waals surface area (Å²) in [6, 6.07) is 9.53. The predicted octanol–water partition coefficient (Wildman–Crippen LogP) is 4.42. The molecule has 2 heterocycles. The fourth-order valence-electron chi connectivity index (χ4n) is 2.56. The molecule has 0 aliphatic heterocycles. The standard InChI is InChI=1S/C20H19N3O2S/c1-13-5-6-14(2)16(10-13)18(24)7-8-19(25)23-20-22-17(12-26-20)15-4-3-9-21-11-15/h3-6,9-12H,7-8H2,1-2H3,(H,22,23,25). The normalized spacial score (nSPS) is 10.5. The van der Waals surface area contributed by atoms with E-state index in [2.05, 4.69) is 15.3 Å². The molecule has 0 aliphatic rings. The van der Waals surface area contributed by atoms with Gasteiger partial charge in [0.15, 0.2) is 10.9 Å². The van der Waals surface area contributed by atoms with Gasteiger partial charge >= 0.3 is 0 Å². The summed E-state index contributed by atoms with van der Waals surface area (Å²) in [5, 5.41) is 5.15. The van der Waals surface area contributed by atoms with E-state index in [1.54, 1.807) is 12.4 Å². The molecule has 0 saturated carbocycles. The van der Waals surface area contributed by atoms with Crippen LogP contribution in [0, 0.1) is 13.8 Å². The van der Waals surface area contributed by atoms with Gasteiger partial charge in [0.1, 0.15) is 0 Å². The number of Topliss-reactive ketones (excluding diaryl/α,β-unsaturated/α-hetero) is 1. The topological polar surface area (TPSA) is 72.0 Å². The number of hydrogen-bond acceptors (Lipinski definition) is 5. The third-order valence-electron chi connectivity index (χ3n) is 3.98. The monoisotopic (exact) mass is 365 g/mol. The molecular weight excluding hydrogens is 346 g/mol. The van der Waals surface area contributed by atoms with Crippen molar-refractivity contribution in [2.75, 3.05) is 5.32 Å². The fraction of sp³-hybridized carbons (Fsp3) is 0.200. The third-order valence-corrected chi connectivity index (χ3v) is 4.74. The highest BCUT2D eigenvalue weighted by molar-refractivity contribution is 7.14. The van der Waals surface area contributed by atoms with Gasteiger partial charge in [-0.05, 0) is 37.6 Å². The van der Waals surface area contributed by atoms with Gasteiger partial charge in [0.2, 0.25) is 5.91 Å². The van der Waals surface area contributed by atoms with E-state index in [1.807, 2.05) is 49.6 Å². The van der Waals surface area contributed by atoms with Crippen LogP contribution in [-0.4, -0.2) is 21.7 Å². The van der Waals surface area contributed by atoms with E-state index >= 15 is 0 Å². The van der Waals surface area contributed by atoms with Crippen LogP contribution in [0.1, 0.15) is 34.3 Å². The molecule has 0 atom stereocenters. The first-order valence-electron chi connectivity index (χ1n) is 8.29. The van der Waals surface area contributed by atoms with Crippen molar-refractivity contribution in [3.05, 3.63) is 64.8 Å². The molecule has 2 aromatic heterocycles. The summed E-state index contributed by atoms with van der Waals surface area (Å²) in [6.45, 7) is 3.85. The Hall–Kier alpha value is -2.86. The first-order valence-corrected chi connectivity index (χ1v) is 9.17. The maximum atomic E-state index is 12.4. The summed E-state index contributed by atoms with van der Waals surface area (Å²) in [6.07, 6.45) is 3.74. The first kappa shape index (κ1) is 17.9. The highest BCUT2D eigenvalue weighted by Crippen LogP contribution is 2.24. The van der Waals surface area contributed by atoms with Crippen molar-refractivity contribution in [2.24, 2.45) is 0 Å². The number of anilines is 1. The first-order chi connectivity index (χ1) is 12.5. The molecule has 0 fully saturated rings. The van der Waals surface area contributed by atoms with Gasteiger partial charge in [-0.3, -0.25) is 14.6 Å². The summed E-state index contributed by atoms with van der Waals surface area (Å²) >= 11 is 1.35. The van der Waals surface area contributed by atoms with Crippen LogP contribution < -0.4 is 5.32 Å². The maximum Gasteiger partial charge on any atom is 0.226 e. The Kier molecular flexibility index (Phi) is 5.53. The van der Waals surface area contributed by atoms with Crippen molar-refractivity contribution < 1.29 is 9.59 Å². The van der Waals surface area contributed by atoms with Crippen LogP contribution in [-0.2, 0) is 4.79 Å². The second-order valence-electron chi connectivity index (χ2n) is 6.07. The van der Waals surface area contributed by atoms with E-state index in [4.69, 9.17) is 0 Å². The van der Waals surface area contributed by atoms with Crippen molar-refractivity contribution in [1.29, 1.82) is 0 Å². The lowest BCUT2D eigenvalue weighted by atomic mass is 9.99. The van der Waals surface area contributed by atoms with Gasteiger partial charge in [-0.15, -0.1) is 11.3 Å². The molecule has 0 spiro atoms.